The molecule has 0 atom stereocenters. The second kappa shape index (κ2) is 7.13. The van der Waals surface area contributed by atoms with E-state index in [0.29, 0.717) is 10.8 Å². The van der Waals surface area contributed by atoms with Gasteiger partial charge in [-0.15, -0.1) is 0 Å². The number of carbonyl (C=O) groups excluding carboxylic acids is 1. The Morgan fingerprint density at radius 3 is 2.50 bits per heavy atom. The summed E-state index contributed by atoms with van der Waals surface area (Å²) < 4.78 is 44.0. The summed E-state index contributed by atoms with van der Waals surface area (Å²) in [5.41, 5.74) is 0.449. The molecule has 0 fully saturated rings. The largest absolute Gasteiger partial charge is 0.482 e. The second-order valence-corrected chi connectivity index (χ2v) is 5.68. The van der Waals surface area contributed by atoms with Gasteiger partial charge in [0.15, 0.2) is 6.61 Å². The predicted molar refractivity (Wildman–Crippen MR) is 86.5 cm³/mol. The van der Waals surface area contributed by atoms with Crippen LogP contribution >= 0.6 is 11.6 Å². The normalized spacial score (nSPS) is 11.2. The fourth-order valence-electron chi connectivity index (χ4n) is 2.25. The average Bonchev–Trinajstić information content (AvgIpc) is 2.45. The molecule has 0 aliphatic carbocycles. The lowest BCUT2D eigenvalue weighted by molar-refractivity contribution is -0.137. The van der Waals surface area contributed by atoms with Gasteiger partial charge in [-0.25, -0.2) is 0 Å². The lowest BCUT2D eigenvalue weighted by Gasteiger charge is -2.15. The van der Waals surface area contributed by atoms with Crippen molar-refractivity contribution in [1.29, 1.82) is 0 Å². The maximum atomic E-state index is 12.9. The van der Waals surface area contributed by atoms with E-state index in [9.17, 15) is 18.0 Å². The Bertz CT molecular complexity index is 737. The van der Waals surface area contributed by atoms with Crippen molar-refractivity contribution < 1.29 is 22.7 Å². The molecule has 0 bridgehead atoms. The summed E-state index contributed by atoms with van der Waals surface area (Å²) in [4.78, 5) is 11.9. The van der Waals surface area contributed by atoms with Crippen molar-refractivity contribution >= 4 is 23.2 Å². The number of alkyl halides is 3. The maximum Gasteiger partial charge on any atom is 0.418 e. The van der Waals surface area contributed by atoms with Crippen LogP contribution in [-0.4, -0.2) is 12.5 Å². The van der Waals surface area contributed by atoms with Crippen molar-refractivity contribution in [3.05, 3.63) is 58.1 Å². The van der Waals surface area contributed by atoms with E-state index in [1.165, 1.54) is 18.2 Å². The third-order valence-electron chi connectivity index (χ3n) is 3.23. The Morgan fingerprint density at radius 1 is 1.21 bits per heavy atom. The average molecular weight is 358 g/mol. The Labute approximate surface area is 142 Å². The number of benzene rings is 2. The fourth-order valence-corrected chi connectivity index (χ4v) is 2.62. The molecule has 0 unspecified atom stereocenters. The summed E-state index contributed by atoms with van der Waals surface area (Å²) in [6, 6.07) is 8.26. The molecule has 0 aliphatic rings. The Kier molecular flexibility index (Phi) is 5.39. The lowest BCUT2D eigenvalue weighted by Crippen LogP contribution is -2.22. The number of hydrogen-bond donors (Lipinski definition) is 1. The highest BCUT2D eigenvalue weighted by atomic mass is 35.5. The van der Waals surface area contributed by atoms with Crippen molar-refractivity contribution in [2.75, 3.05) is 11.9 Å². The van der Waals surface area contributed by atoms with Crippen LogP contribution in [0.15, 0.2) is 36.4 Å². The van der Waals surface area contributed by atoms with E-state index < -0.39 is 24.3 Å². The predicted octanol–water partition coefficient (Wildman–Crippen LogP) is 4.99. The number of rotatable bonds is 4. The van der Waals surface area contributed by atoms with E-state index in [2.05, 4.69) is 5.32 Å². The zero-order valence-corrected chi connectivity index (χ0v) is 13.8. The minimum atomic E-state index is -4.55. The zero-order valence-electron chi connectivity index (χ0n) is 13.0. The van der Waals surface area contributed by atoms with Crippen LogP contribution in [0, 0.1) is 13.8 Å². The van der Waals surface area contributed by atoms with Gasteiger partial charge >= 0.3 is 6.18 Å². The van der Waals surface area contributed by atoms with Crippen LogP contribution in [0.5, 0.6) is 5.75 Å². The Hall–Kier alpha value is -2.21. The molecule has 2 rings (SSSR count). The molecule has 1 amide bonds. The van der Waals surface area contributed by atoms with Gasteiger partial charge in [-0.1, -0.05) is 29.8 Å². The van der Waals surface area contributed by atoms with Crippen LogP contribution < -0.4 is 10.1 Å². The first kappa shape index (κ1) is 18.1. The molecule has 0 radical (unpaired) electrons. The molecule has 0 saturated carbocycles. The molecule has 2 aromatic carbocycles. The van der Waals surface area contributed by atoms with E-state index in [1.807, 2.05) is 13.0 Å². The summed E-state index contributed by atoms with van der Waals surface area (Å²) in [5, 5.41) is 2.55. The summed E-state index contributed by atoms with van der Waals surface area (Å²) in [7, 11) is 0. The van der Waals surface area contributed by atoms with Gasteiger partial charge in [0, 0.05) is 0 Å². The Morgan fingerprint density at radius 2 is 1.88 bits per heavy atom. The monoisotopic (exact) mass is 357 g/mol. The van der Waals surface area contributed by atoms with Gasteiger partial charge in [0.25, 0.3) is 5.91 Å². The summed E-state index contributed by atoms with van der Waals surface area (Å²) >= 11 is 6.06. The molecular weight excluding hydrogens is 343 g/mol. The number of amides is 1. The number of hydrogen-bond acceptors (Lipinski definition) is 2. The highest BCUT2D eigenvalue weighted by Crippen LogP contribution is 2.34. The molecule has 0 saturated heterocycles. The van der Waals surface area contributed by atoms with Crippen molar-refractivity contribution in [3.63, 3.8) is 0 Å². The van der Waals surface area contributed by atoms with Gasteiger partial charge in [0.05, 0.1) is 16.3 Å². The summed E-state index contributed by atoms with van der Waals surface area (Å²) in [5.74, 6) is -0.371. The van der Waals surface area contributed by atoms with Crippen LogP contribution in [0.2, 0.25) is 5.02 Å². The third-order valence-corrected chi connectivity index (χ3v) is 3.51. The molecule has 3 nitrogen and oxygen atoms in total. The topological polar surface area (TPSA) is 38.3 Å². The number of nitrogens with one attached hydrogen (secondary N) is 1. The molecule has 2 aromatic rings. The molecule has 0 aromatic heterocycles. The van der Waals surface area contributed by atoms with Crippen molar-refractivity contribution in [3.8, 4) is 5.75 Å². The first-order valence-electron chi connectivity index (χ1n) is 7.04. The standard InChI is InChI=1S/C17H15ClF3NO2/c1-10-7-11(2)16(13(18)8-10)24-9-15(23)22-14-6-4-3-5-12(14)17(19,20)21/h3-8H,9H2,1-2H3,(H,22,23). The van der Waals surface area contributed by atoms with Crippen LogP contribution in [0.4, 0.5) is 18.9 Å². The van der Waals surface area contributed by atoms with Gasteiger partial charge in [-0.3, -0.25) is 4.79 Å². The maximum absolute atomic E-state index is 12.9. The second-order valence-electron chi connectivity index (χ2n) is 5.27. The first-order valence-corrected chi connectivity index (χ1v) is 7.42. The van der Waals surface area contributed by atoms with E-state index in [0.717, 1.165) is 17.2 Å². The molecular formula is C17H15ClF3NO2. The molecule has 0 aliphatic heterocycles. The third kappa shape index (κ3) is 4.41. The first-order chi connectivity index (χ1) is 11.2. The lowest BCUT2D eigenvalue weighted by atomic mass is 10.1. The van der Waals surface area contributed by atoms with Gasteiger partial charge < -0.3 is 10.1 Å². The van der Waals surface area contributed by atoms with Crippen LogP contribution in [0.1, 0.15) is 16.7 Å². The molecule has 0 heterocycles. The number of ether oxygens (including phenoxy) is 1. The highest BCUT2D eigenvalue weighted by Gasteiger charge is 2.33. The van der Waals surface area contributed by atoms with Gasteiger partial charge in [-0.2, -0.15) is 13.2 Å². The van der Waals surface area contributed by atoms with Crippen LogP contribution in [0.25, 0.3) is 0 Å². The summed E-state index contributed by atoms with van der Waals surface area (Å²) in [6.07, 6.45) is -4.55. The Balaban J connectivity index is 2.08. The molecule has 7 heteroatoms. The number of aryl methyl sites for hydroxylation is 2. The van der Waals surface area contributed by atoms with Gasteiger partial charge in [-0.05, 0) is 43.2 Å². The smallest absolute Gasteiger partial charge is 0.418 e. The minimum Gasteiger partial charge on any atom is -0.482 e. The van der Waals surface area contributed by atoms with E-state index in [4.69, 9.17) is 16.3 Å². The van der Waals surface area contributed by atoms with Crippen LogP contribution in [-0.2, 0) is 11.0 Å². The molecule has 1 N–H and O–H groups in total. The van der Waals surface area contributed by atoms with Crippen molar-refractivity contribution in [2.45, 2.75) is 20.0 Å². The van der Waals surface area contributed by atoms with E-state index >= 15 is 0 Å². The quantitative estimate of drug-likeness (QED) is 0.836. The molecule has 24 heavy (non-hydrogen) atoms. The zero-order chi connectivity index (χ0) is 17.9. The number of halogens is 4. The number of carbonyl (C=O) groups is 1. The molecule has 128 valence electrons. The van der Waals surface area contributed by atoms with Crippen molar-refractivity contribution in [1.82, 2.24) is 0 Å². The van der Waals surface area contributed by atoms with Gasteiger partial charge in [0.2, 0.25) is 0 Å². The SMILES string of the molecule is Cc1cc(C)c(OCC(=O)Nc2ccccc2C(F)(F)F)c(Cl)c1. The summed E-state index contributed by atoms with van der Waals surface area (Å²) in [6.45, 7) is 3.18. The van der Waals surface area contributed by atoms with E-state index in [-0.39, 0.29) is 5.69 Å². The fraction of sp³-hybridized carbons (Fsp3) is 0.235. The van der Waals surface area contributed by atoms with Gasteiger partial charge in [0.1, 0.15) is 5.75 Å². The number of para-hydroxylation sites is 1. The molecule has 0 spiro atoms. The number of anilines is 1. The van der Waals surface area contributed by atoms with E-state index in [1.54, 1.807) is 13.0 Å². The van der Waals surface area contributed by atoms with Crippen LogP contribution in [0.3, 0.4) is 0 Å². The minimum absolute atomic E-state index is 0.315. The van der Waals surface area contributed by atoms with Crippen molar-refractivity contribution in [2.24, 2.45) is 0 Å². The highest BCUT2D eigenvalue weighted by molar-refractivity contribution is 6.32.